The molecule has 0 bridgehead atoms. The average Bonchev–Trinajstić information content (AvgIpc) is 3.23. The van der Waals surface area contributed by atoms with Crippen LogP contribution in [-0.4, -0.2) is 4.98 Å². The predicted molar refractivity (Wildman–Crippen MR) is 149 cm³/mol. The van der Waals surface area contributed by atoms with Gasteiger partial charge in [-0.1, -0.05) is 72.8 Å². The zero-order valence-electron chi connectivity index (χ0n) is 19.0. The molecule has 2 nitrogen and oxygen atoms in total. The summed E-state index contributed by atoms with van der Waals surface area (Å²) in [5.74, 6) is 0. The van der Waals surface area contributed by atoms with Crippen LogP contribution in [0.2, 0.25) is 0 Å². The molecular weight excluding hydrogens is 444 g/mol. The molecule has 0 unspecified atom stereocenters. The second kappa shape index (κ2) is 7.93. The van der Waals surface area contributed by atoms with Gasteiger partial charge in [-0.2, -0.15) is 0 Å². The van der Waals surface area contributed by atoms with Gasteiger partial charge < -0.3 is 5.73 Å². The summed E-state index contributed by atoms with van der Waals surface area (Å²) in [5, 5.41) is 2.65. The first-order valence-electron chi connectivity index (χ1n) is 11.8. The number of nitrogen functional groups attached to an aromatic ring is 1. The highest BCUT2D eigenvalue weighted by Gasteiger charge is 2.27. The van der Waals surface area contributed by atoms with E-state index in [1.54, 1.807) is 0 Å². The number of anilines is 1. The van der Waals surface area contributed by atoms with Crippen molar-refractivity contribution >= 4 is 48.3 Å². The fraction of sp³-hybridized carbons (Fsp3) is 0.0312. The molecule has 0 radical (unpaired) electrons. The molecule has 0 saturated carbocycles. The number of benzene rings is 4. The molecule has 0 amide bonds. The standard InChI is InChI=1S/C32H22N2S/c33-26-15-6-12-22-23-13-7-16-27-31(23)32-24(14-8-17-28(32)35-27)29(30(22)26)25(20-9-2-1-3-10-20)19-21-11-4-5-18-34-21/h1-18H,19,33H2/b29-25+. The third-order valence-electron chi connectivity index (χ3n) is 6.94. The third kappa shape index (κ3) is 3.13. The molecule has 2 heterocycles. The average molecular weight is 467 g/mol. The molecule has 4 aromatic carbocycles. The molecule has 1 aliphatic rings. The highest BCUT2D eigenvalue weighted by Crippen LogP contribution is 2.52. The molecule has 3 heteroatoms. The topological polar surface area (TPSA) is 38.9 Å². The van der Waals surface area contributed by atoms with E-state index in [9.17, 15) is 0 Å². The van der Waals surface area contributed by atoms with Gasteiger partial charge in [0.05, 0.1) is 0 Å². The van der Waals surface area contributed by atoms with Crippen molar-refractivity contribution < 1.29 is 0 Å². The lowest BCUT2D eigenvalue weighted by Crippen LogP contribution is -2.03. The van der Waals surface area contributed by atoms with Crippen LogP contribution in [0.1, 0.15) is 22.4 Å². The fourth-order valence-electron chi connectivity index (χ4n) is 5.48. The van der Waals surface area contributed by atoms with Crippen LogP contribution in [0.25, 0.3) is 42.4 Å². The van der Waals surface area contributed by atoms with Gasteiger partial charge in [0.1, 0.15) is 0 Å². The minimum Gasteiger partial charge on any atom is -0.398 e. The van der Waals surface area contributed by atoms with E-state index in [2.05, 4.69) is 91.0 Å². The number of rotatable bonds is 3. The van der Waals surface area contributed by atoms with Crippen LogP contribution in [0.4, 0.5) is 5.69 Å². The van der Waals surface area contributed by atoms with Gasteiger partial charge in [-0.25, -0.2) is 0 Å². The van der Waals surface area contributed by atoms with Crippen LogP contribution >= 0.6 is 11.3 Å². The molecule has 0 atom stereocenters. The van der Waals surface area contributed by atoms with Crippen molar-refractivity contribution in [1.82, 2.24) is 4.98 Å². The molecule has 166 valence electrons. The lowest BCUT2D eigenvalue weighted by atomic mass is 9.84. The summed E-state index contributed by atoms with van der Waals surface area (Å²) < 4.78 is 2.62. The van der Waals surface area contributed by atoms with E-state index in [0.717, 1.165) is 16.9 Å². The molecule has 7 rings (SSSR count). The van der Waals surface area contributed by atoms with Crippen molar-refractivity contribution in [2.24, 2.45) is 0 Å². The Hall–Kier alpha value is -4.21. The SMILES string of the molecule is Nc1cccc2c1/C(=C(\Cc1ccccn1)c1ccccc1)c1cccc3sc4cccc-2c4c13. The number of aromatic nitrogens is 1. The Kier molecular flexibility index (Phi) is 4.58. The molecule has 6 aromatic rings. The van der Waals surface area contributed by atoms with Gasteiger partial charge >= 0.3 is 0 Å². The monoisotopic (exact) mass is 466 g/mol. The van der Waals surface area contributed by atoms with Gasteiger partial charge in [-0.15, -0.1) is 11.3 Å². The van der Waals surface area contributed by atoms with Crippen LogP contribution < -0.4 is 5.73 Å². The van der Waals surface area contributed by atoms with Crippen LogP contribution in [0.5, 0.6) is 0 Å². The zero-order chi connectivity index (χ0) is 23.4. The van der Waals surface area contributed by atoms with E-state index in [-0.39, 0.29) is 0 Å². The van der Waals surface area contributed by atoms with Gasteiger partial charge in [0.2, 0.25) is 0 Å². The third-order valence-corrected chi connectivity index (χ3v) is 8.06. The number of thiophene rings is 1. The summed E-state index contributed by atoms with van der Waals surface area (Å²) in [6.45, 7) is 0. The van der Waals surface area contributed by atoms with Crippen molar-refractivity contribution in [3.05, 3.63) is 132 Å². The van der Waals surface area contributed by atoms with Crippen LogP contribution in [0.3, 0.4) is 0 Å². The molecule has 0 spiro atoms. The fourth-order valence-corrected chi connectivity index (χ4v) is 6.64. The maximum atomic E-state index is 6.82. The van der Waals surface area contributed by atoms with Gasteiger partial charge in [0.25, 0.3) is 0 Å². The number of pyridine rings is 1. The molecule has 0 aliphatic heterocycles. The number of allylic oxidation sites excluding steroid dienone is 1. The highest BCUT2D eigenvalue weighted by atomic mass is 32.1. The number of fused-ring (bicyclic) bond motifs is 2. The Morgan fingerprint density at radius 1 is 0.657 bits per heavy atom. The summed E-state index contributed by atoms with van der Waals surface area (Å²) in [6.07, 6.45) is 2.59. The van der Waals surface area contributed by atoms with E-state index < -0.39 is 0 Å². The largest absolute Gasteiger partial charge is 0.398 e. The molecule has 1 aliphatic carbocycles. The number of hydrogen-bond donors (Lipinski definition) is 1. The summed E-state index contributed by atoms with van der Waals surface area (Å²) in [5.41, 5.74) is 17.1. The van der Waals surface area contributed by atoms with E-state index in [1.807, 2.05) is 29.7 Å². The van der Waals surface area contributed by atoms with Gasteiger partial charge in [0, 0.05) is 49.7 Å². The predicted octanol–water partition coefficient (Wildman–Crippen LogP) is 8.21. The van der Waals surface area contributed by atoms with Crippen molar-refractivity contribution in [3.8, 4) is 11.1 Å². The quantitative estimate of drug-likeness (QED) is 0.266. The van der Waals surface area contributed by atoms with Crippen molar-refractivity contribution in [2.45, 2.75) is 6.42 Å². The van der Waals surface area contributed by atoms with E-state index in [0.29, 0.717) is 6.42 Å². The van der Waals surface area contributed by atoms with Gasteiger partial charge in [0.15, 0.2) is 0 Å². The summed E-state index contributed by atoms with van der Waals surface area (Å²) in [6, 6.07) is 36.5. The normalized spacial score (nSPS) is 13.7. The number of hydrogen-bond acceptors (Lipinski definition) is 3. The summed E-state index contributed by atoms with van der Waals surface area (Å²) in [7, 11) is 0. The second-order valence-corrected chi connectivity index (χ2v) is 10.0. The first-order valence-corrected chi connectivity index (χ1v) is 12.6. The minimum absolute atomic E-state index is 0.716. The number of nitrogens with two attached hydrogens (primary N) is 1. The molecular formula is C32H22N2S. The minimum atomic E-state index is 0.716. The van der Waals surface area contributed by atoms with E-state index in [4.69, 9.17) is 10.7 Å². The lowest BCUT2D eigenvalue weighted by molar-refractivity contribution is 1.12. The Labute approximate surface area is 208 Å². The first-order chi connectivity index (χ1) is 17.3. The zero-order valence-corrected chi connectivity index (χ0v) is 19.8. The van der Waals surface area contributed by atoms with Crippen LogP contribution in [-0.2, 0) is 6.42 Å². The Morgan fingerprint density at radius 3 is 2.11 bits per heavy atom. The number of nitrogens with zero attached hydrogens (tertiary/aromatic N) is 1. The van der Waals surface area contributed by atoms with Gasteiger partial charge in [-0.3, -0.25) is 4.98 Å². The van der Waals surface area contributed by atoms with E-state index >= 15 is 0 Å². The molecule has 2 N–H and O–H groups in total. The summed E-state index contributed by atoms with van der Waals surface area (Å²) in [4.78, 5) is 4.69. The smallest absolute Gasteiger partial charge is 0.0447 e. The first kappa shape index (κ1) is 20.2. The maximum absolute atomic E-state index is 6.82. The maximum Gasteiger partial charge on any atom is 0.0447 e. The molecule has 0 saturated heterocycles. The Bertz CT molecular complexity index is 1760. The Balaban J connectivity index is 1.70. The van der Waals surface area contributed by atoms with Crippen molar-refractivity contribution in [3.63, 3.8) is 0 Å². The van der Waals surface area contributed by atoms with E-state index in [1.165, 1.54) is 53.6 Å². The Morgan fingerprint density at radius 2 is 1.34 bits per heavy atom. The molecule has 35 heavy (non-hydrogen) atoms. The lowest BCUT2D eigenvalue weighted by Gasteiger charge is -2.20. The molecule has 2 aromatic heterocycles. The van der Waals surface area contributed by atoms with Crippen LogP contribution in [0, 0.1) is 0 Å². The molecule has 0 fully saturated rings. The summed E-state index contributed by atoms with van der Waals surface area (Å²) >= 11 is 1.87. The van der Waals surface area contributed by atoms with Gasteiger partial charge in [-0.05, 0) is 63.7 Å². The van der Waals surface area contributed by atoms with Crippen molar-refractivity contribution in [1.29, 1.82) is 0 Å². The van der Waals surface area contributed by atoms with Crippen molar-refractivity contribution in [2.75, 3.05) is 5.73 Å². The highest BCUT2D eigenvalue weighted by molar-refractivity contribution is 7.26. The van der Waals surface area contributed by atoms with Crippen LogP contribution in [0.15, 0.2) is 109 Å². The second-order valence-electron chi connectivity index (χ2n) is 8.95.